The molecule has 0 heterocycles. The summed E-state index contributed by atoms with van der Waals surface area (Å²) in [4.78, 5) is 0. The van der Waals surface area contributed by atoms with E-state index in [-0.39, 0.29) is 0 Å². The topological polar surface area (TPSA) is 12.0 Å². The van der Waals surface area contributed by atoms with E-state index in [1.54, 1.807) is 0 Å². The maximum atomic E-state index is 3.57. The standard InChI is InChI=1S/C9H19NS/c1-8-6-9(7-8)10-4-3-5-11-2/h8-10H,3-7H2,1-2H3. The molecule has 11 heavy (non-hydrogen) atoms. The highest BCUT2D eigenvalue weighted by Crippen LogP contribution is 2.25. The molecule has 0 amide bonds. The second-order valence-corrected chi connectivity index (χ2v) is 4.56. The average molecular weight is 173 g/mol. The minimum atomic E-state index is 0.854. The molecular formula is C9H19NS. The zero-order chi connectivity index (χ0) is 8.10. The highest BCUT2D eigenvalue weighted by Gasteiger charge is 2.23. The SMILES string of the molecule is CSCCCNC1CC(C)C1. The normalized spacial score (nSPS) is 30.0. The molecule has 1 aliphatic carbocycles. The molecule has 1 aliphatic rings. The van der Waals surface area contributed by atoms with Crippen LogP contribution in [-0.2, 0) is 0 Å². The van der Waals surface area contributed by atoms with Gasteiger partial charge in [-0.25, -0.2) is 0 Å². The monoisotopic (exact) mass is 173 g/mol. The van der Waals surface area contributed by atoms with Crippen molar-refractivity contribution in [3.63, 3.8) is 0 Å². The smallest absolute Gasteiger partial charge is 0.00721 e. The highest BCUT2D eigenvalue weighted by atomic mass is 32.2. The molecule has 1 rings (SSSR count). The summed E-state index contributed by atoms with van der Waals surface area (Å²) < 4.78 is 0. The first-order valence-electron chi connectivity index (χ1n) is 4.55. The third kappa shape index (κ3) is 3.48. The van der Waals surface area contributed by atoms with E-state index in [1.165, 1.54) is 31.6 Å². The maximum Gasteiger partial charge on any atom is 0.00721 e. The van der Waals surface area contributed by atoms with Crippen molar-refractivity contribution in [3.8, 4) is 0 Å². The molecule has 1 fully saturated rings. The molecule has 0 aromatic heterocycles. The fourth-order valence-corrected chi connectivity index (χ4v) is 2.02. The predicted molar refractivity (Wildman–Crippen MR) is 53.2 cm³/mol. The van der Waals surface area contributed by atoms with E-state index in [4.69, 9.17) is 0 Å². The lowest BCUT2D eigenvalue weighted by Crippen LogP contribution is -2.40. The summed E-state index contributed by atoms with van der Waals surface area (Å²) in [6.45, 7) is 3.55. The van der Waals surface area contributed by atoms with Gasteiger partial charge in [-0.1, -0.05) is 6.92 Å². The minimum Gasteiger partial charge on any atom is -0.314 e. The van der Waals surface area contributed by atoms with Gasteiger partial charge in [0.15, 0.2) is 0 Å². The molecule has 0 radical (unpaired) electrons. The van der Waals surface area contributed by atoms with Crippen molar-refractivity contribution in [1.29, 1.82) is 0 Å². The lowest BCUT2D eigenvalue weighted by molar-refractivity contribution is 0.242. The van der Waals surface area contributed by atoms with Crippen LogP contribution in [0.25, 0.3) is 0 Å². The van der Waals surface area contributed by atoms with Crippen molar-refractivity contribution >= 4 is 11.8 Å². The van der Waals surface area contributed by atoms with Gasteiger partial charge in [0, 0.05) is 6.04 Å². The molecule has 1 N–H and O–H groups in total. The number of rotatable bonds is 5. The Balaban J connectivity index is 1.81. The van der Waals surface area contributed by atoms with Crippen LogP contribution in [0.3, 0.4) is 0 Å². The van der Waals surface area contributed by atoms with Crippen LogP contribution in [0.5, 0.6) is 0 Å². The quantitative estimate of drug-likeness (QED) is 0.639. The Morgan fingerprint density at radius 2 is 2.18 bits per heavy atom. The van der Waals surface area contributed by atoms with Gasteiger partial charge in [0.2, 0.25) is 0 Å². The molecule has 2 heteroatoms. The van der Waals surface area contributed by atoms with Gasteiger partial charge in [-0.15, -0.1) is 0 Å². The van der Waals surface area contributed by atoms with E-state index in [2.05, 4.69) is 18.5 Å². The first-order valence-corrected chi connectivity index (χ1v) is 5.94. The first-order chi connectivity index (χ1) is 5.33. The number of hydrogen-bond acceptors (Lipinski definition) is 2. The lowest BCUT2D eigenvalue weighted by atomic mass is 9.82. The fraction of sp³-hybridized carbons (Fsp3) is 1.00. The molecule has 1 saturated carbocycles. The Hall–Kier alpha value is 0.310. The molecule has 0 saturated heterocycles. The predicted octanol–water partition coefficient (Wildman–Crippen LogP) is 2.13. The molecule has 0 aromatic rings. The molecule has 0 unspecified atom stereocenters. The fourth-order valence-electron chi connectivity index (χ4n) is 1.59. The van der Waals surface area contributed by atoms with Crippen molar-refractivity contribution in [3.05, 3.63) is 0 Å². The van der Waals surface area contributed by atoms with Crippen molar-refractivity contribution in [2.24, 2.45) is 5.92 Å². The van der Waals surface area contributed by atoms with E-state index < -0.39 is 0 Å². The number of thioether (sulfide) groups is 1. The van der Waals surface area contributed by atoms with Gasteiger partial charge in [-0.05, 0) is 43.7 Å². The summed E-state index contributed by atoms with van der Waals surface area (Å²) >= 11 is 1.94. The molecule has 0 atom stereocenters. The Labute approximate surface area is 74.3 Å². The summed E-state index contributed by atoms with van der Waals surface area (Å²) in [7, 11) is 0. The van der Waals surface area contributed by atoms with Gasteiger partial charge in [0.1, 0.15) is 0 Å². The molecule has 0 bridgehead atoms. The zero-order valence-corrected chi connectivity index (χ0v) is 8.41. The molecule has 0 aromatic carbocycles. The van der Waals surface area contributed by atoms with E-state index in [9.17, 15) is 0 Å². The van der Waals surface area contributed by atoms with Crippen LogP contribution < -0.4 is 5.32 Å². The Morgan fingerprint density at radius 3 is 2.73 bits per heavy atom. The average Bonchev–Trinajstić information content (AvgIpc) is 1.94. The summed E-state index contributed by atoms with van der Waals surface area (Å²) in [6.07, 6.45) is 6.30. The van der Waals surface area contributed by atoms with Crippen molar-refractivity contribution < 1.29 is 0 Å². The van der Waals surface area contributed by atoms with Crippen LogP contribution in [0.2, 0.25) is 0 Å². The van der Waals surface area contributed by atoms with Crippen LogP contribution in [-0.4, -0.2) is 24.6 Å². The van der Waals surface area contributed by atoms with E-state index in [0.717, 1.165) is 12.0 Å². The van der Waals surface area contributed by atoms with Crippen LogP contribution in [0.4, 0.5) is 0 Å². The van der Waals surface area contributed by atoms with Gasteiger partial charge >= 0.3 is 0 Å². The highest BCUT2D eigenvalue weighted by molar-refractivity contribution is 7.98. The third-order valence-corrected chi connectivity index (χ3v) is 3.03. The second-order valence-electron chi connectivity index (χ2n) is 3.57. The van der Waals surface area contributed by atoms with Crippen LogP contribution in [0.15, 0.2) is 0 Å². The van der Waals surface area contributed by atoms with E-state index >= 15 is 0 Å². The molecule has 1 nitrogen and oxygen atoms in total. The second kappa shape index (κ2) is 5.04. The first kappa shape index (κ1) is 9.40. The largest absolute Gasteiger partial charge is 0.314 e. The van der Waals surface area contributed by atoms with Gasteiger partial charge in [0.25, 0.3) is 0 Å². The number of hydrogen-bond donors (Lipinski definition) is 1. The lowest BCUT2D eigenvalue weighted by Gasteiger charge is -2.33. The Kier molecular flexibility index (Phi) is 4.31. The van der Waals surface area contributed by atoms with Gasteiger partial charge in [-0.3, -0.25) is 0 Å². The Morgan fingerprint density at radius 1 is 1.45 bits per heavy atom. The summed E-state index contributed by atoms with van der Waals surface area (Å²) in [5.74, 6) is 2.28. The third-order valence-electron chi connectivity index (χ3n) is 2.33. The summed E-state index contributed by atoms with van der Waals surface area (Å²) in [5.41, 5.74) is 0. The van der Waals surface area contributed by atoms with Gasteiger partial charge in [-0.2, -0.15) is 11.8 Å². The van der Waals surface area contributed by atoms with Crippen molar-refractivity contribution in [2.45, 2.75) is 32.2 Å². The van der Waals surface area contributed by atoms with Gasteiger partial charge in [0.05, 0.1) is 0 Å². The van der Waals surface area contributed by atoms with Crippen LogP contribution in [0, 0.1) is 5.92 Å². The number of nitrogens with one attached hydrogen (secondary N) is 1. The molecule has 0 aliphatic heterocycles. The maximum absolute atomic E-state index is 3.57. The van der Waals surface area contributed by atoms with Crippen LogP contribution in [0.1, 0.15) is 26.2 Å². The molecule has 0 spiro atoms. The Bertz CT molecular complexity index is 99.7. The zero-order valence-electron chi connectivity index (χ0n) is 7.60. The minimum absolute atomic E-state index is 0.854. The molecule has 66 valence electrons. The van der Waals surface area contributed by atoms with Crippen LogP contribution >= 0.6 is 11.8 Å². The van der Waals surface area contributed by atoms with E-state index in [0.29, 0.717) is 0 Å². The van der Waals surface area contributed by atoms with Gasteiger partial charge < -0.3 is 5.32 Å². The summed E-state index contributed by atoms with van der Waals surface area (Å²) in [5, 5.41) is 3.57. The van der Waals surface area contributed by atoms with Crippen molar-refractivity contribution in [1.82, 2.24) is 5.32 Å². The molecular weight excluding hydrogens is 154 g/mol. The van der Waals surface area contributed by atoms with Crippen molar-refractivity contribution in [2.75, 3.05) is 18.6 Å². The van der Waals surface area contributed by atoms with E-state index in [1.807, 2.05) is 11.8 Å². The summed E-state index contributed by atoms with van der Waals surface area (Å²) in [6, 6.07) is 0.854.